The maximum atomic E-state index is 11.9. The Balaban J connectivity index is 2.35. The number of carbonyl (C=O) groups excluding carboxylic acids is 1. The number of aliphatic hydroxyl groups is 3. The third-order valence-electron chi connectivity index (χ3n) is 3.47. The lowest BCUT2D eigenvalue weighted by molar-refractivity contribution is -0.137. The number of nitrogens with zero attached hydrogens (tertiary/aromatic N) is 1. The molecule has 1 aliphatic rings. The van der Waals surface area contributed by atoms with Crippen LogP contribution in [0.25, 0.3) is 6.08 Å². The molecule has 1 aliphatic heterocycles. The number of hydrogen-bond donors (Lipinski definition) is 4. The molecule has 0 radical (unpaired) electrons. The standard InChI is InChI=1S/C14H18N2O8/c1-2-23-9(18)4-3-7-5-16(14(22)15-12(7)21)13-11(20)10(19)8(6-17)24-13/h3-5,8,10-11,13,17,19-20H,2,6H2,1H3,(H,15,21,22)/b4-3+/t8-,10+,11-,13-/m1/s1. The molecule has 4 atom stereocenters. The molecule has 1 saturated heterocycles. The molecule has 0 saturated carbocycles. The van der Waals surface area contributed by atoms with Gasteiger partial charge >= 0.3 is 11.7 Å². The molecular weight excluding hydrogens is 324 g/mol. The lowest BCUT2D eigenvalue weighted by Crippen LogP contribution is -2.38. The van der Waals surface area contributed by atoms with E-state index in [9.17, 15) is 24.6 Å². The Labute approximate surface area is 135 Å². The van der Waals surface area contributed by atoms with E-state index in [0.29, 0.717) is 0 Å². The highest BCUT2D eigenvalue weighted by Gasteiger charge is 2.43. The highest BCUT2D eigenvalue weighted by molar-refractivity contribution is 5.86. The third kappa shape index (κ3) is 3.62. The van der Waals surface area contributed by atoms with Gasteiger partial charge in [0.05, 0.1) is 18.8 Å². The predicted molar refractivity (Wildman–Crippen MR) is 80.0 cm³/mol. The summed E-state index contributed by atoms with van der Waals surface area (Å²) in [6.07, 6.45) is -1.99. The van der Waals surface area contributed by atoms with E-state index in [1.807, 2.05) is 4.98 Å². The molecule has 2 rings (SSSR count). The van der Waals surface area contributed by atoms with E-state index in [4.69, 9.17) is 9.84 Å². The number of esters is 1. The summed E-state index contributed by atoms with van der Waals surface area (Å²) in [6.45, 7) is 1.24. The van der Waals surface area contributed by atoms with Gasteiger partial charge in [0, 0.05) is 12.3 Å². The van der Waals surface area contributed by atoms with Crippen LogP contribution in [0.4, 0.5) is 0 Å². The van der Waals surface area contributed by atoms with Gasteiger partial charge in [-0.15, -0.1) is 0 Å². The van der Waals surface area contributed by atoms with Gasteiger partial charge < -0.3 is 24.8 Å². The number of ether oxygens (including phenoxy) is 2. The number of aliphatic hydroxyl groups excluding tert-OH is 3. The van der Waals surface area contributed by atoms with Crippen molar-refractivity contribution >= 4 is 12.0 Å². The molecule has 1 aromatic rings. The fourth-order valence-electron chi connectivity index (χ4n) is 2.27. The lowest BCUT2D eigenvalue weighted by Gasteiger charge is -2.17. The van der Waals surface area contributed by atoms with E-state index in [0.717, 1.165) is 22.9 Å². The van der Waals surface area contributed by atoms with Crippen LogP contribution in [0.3, 0.4) is 0 Å². The number of nitrogens with one attached hydrogen (secondary N) is 1. The van der Waals surface area contributed by atoms with Gasteiger partial charge in [-0.3, -0.25) is 14.3 Å². The van der Waals surface area contributed by atoms with Crippen LogP contribution in [0.5, 0.6) is 0 Å². The predicted octanol–water partition coefficient (Wildman–Crippen LogP) is -2.28. The van der Waals surface area contributed by atoms with Crippen molar-refractivity contribution in [1.82, 2.24) is 9.55 Å². The van der Waals surface area contributed by atoms with E-state index in [1.165, 1.54) is 0 Å². The SMILES string of the molecule is CCOC(=O)/C=C/c1cn([C@@H]2O[C@H](CO)[C@H](O)[C@H]2O)c(=O)[nH]c1=O. The minimum Gasteiger partial charge on any atom is -0.463 e. The van der Waals surface area contributed by atoms with Crippen LogP contribution in [0.15, 0.2) is 21.9 Å². The summed E-state index contributed by atoms with van der Waals surface area (Å²) in [7, 11) is 0. The normalized spacial score (nSPS) is 26.8. The molecule has 132 valence electrons. The second-order valence-corrected chi connectivity index (χ2v) is 5.07. The van der Waals surface area contributed by atoms with Crippen molar-refractivity contribution in [3.8, 4) is 0 Å². The molecule has 0 aliphatic carbocycles. The molecule has 0 bridgehead atoms. The Morgan fingerprint density at radius 2 is 2.12 bits per heavy atom. The monoisotopic (exact) mass is 342 g/mol. The van der Waals surface area contributed by atoms with Crippen molar-refractivity contribution in [1.29, 1.82) is 0 Å². The molecule has 4 N–H and O–H groups in total. The molecule has 0 aromatic carbocycles. The quantitative estimate of drug-likeness (QED) is 0.345. The molecule has 0 unspecified atom stereocenters. The van der Waals surface area contributed by atoms with Crippen LogP contribution in [0, 0.1) is 0 Å². The van der Waals surface area contributed by atoms with Crippen molar-refractivity contribution in [3.63, 3.8) is 0 Å². The van der Waals surface area contributed by atoms with Crippen molar-refractivity contribution in [2.75, 3.05) is 13.2 Å². The Hall–Kier alpha value is -2.27. The molecule has 0 amide bonds. The summed E-state index contributed by atoms with van der Waals surface area (Å²) in [6, 6.07) is 0. The summed E-state index contributed by atoms with van der Waals surface area (Å²) in [4.78, 5) is 37.0. The maximum Gasteiger partial charge on any atom is 0.330 e. The number of rotatable bonds is 5. The van der Waals surface area contributed by atoms with E-state index in [2.05, 4.69) is 4.74 Å². The molecule has 0 spiro atoms. The van der Waals surface area contributed by atoms with Gasteiger partial charge in [-0.05, 0) is 13.0 Å². The fourth-order valence-corrected chi connectivity index (χ4v) is 2.27. The van der Waals surface area contributed by atoms with Crippen LogP contribution in [0.1, 0.15) is 18.7 Å². The van der Waals surface area contributed by atoms with Crippen LogP contribution < -0.4 is 11.2 Å². The summed E-state index contributed by atoms with van der Waals surface area (Å²) >= 11 is 0. The minimum absolute atomic E-state index is 0.0552. The first-order valence-corrected chi connectivity index (χ1v) is 7.21. The topological polar surface area (TPSA) is 151 Å². The number of H-pyrrole nitrogens is 1. The molecule has 2 heterocycles. The molecule has 1 fully saturated rings. The lowest BCUT2D eigenvalue weighted by atomic mass is 10.1. The molecule has 10 heteroatoms. The van der Waals surface area contributed by atoms with Gasteiger partial charge in [0.25, 0.3) is 5.56 Å². The first kappa shape index (κ1) is 18.1. The zero-order valence-electron chi connectivity index (χ0n) is 12.8. The van der Waals surface area contributed by atoms with Crippen LogP contribution in [-0.4, -0.2) is 62.4 Å². The van der Waals surface area contributed by atoms with Gasteiger partial charge in [-0.25, -0.2) is 9.59 Å². The molecule has 10 nitrogen and oxygen atoms in total. The zero-order valence-corrected chi connectivity index (χ0v) is 12.8. The zero-order chi connectivity index (χ0) is 17.9. The minimum atomic E-state index is -1.48. The number of aromatic nitrogens is 2. The van der Waals surface area contributed by atoms with Gasteiger partial charge in [-0.2, -0.15) is 0 Å². The van der Waals surface area contributed by atoms with Gasteiger partial charge in [0.1, 0.15) is 18.3 Å². The van der Waals surface area contributed by atoms with Crippen molar-refractivity contribution in [2.24, 2.45) is 0 Å². The summed E-state index contributed by atoms with van der Waals surface area (Å²) in [5.74, 6) is -0.664. The fraction of sp³-hybridized carbons (Fsp3) is 0.500. The average Bonchev–Trinajstić information content (AvgIpc) is 2.82. The Bertz CT molecular complexity index is 737. The van der Waals surface area contributed by atoms with Crippen LogP contribution in [0.2, 0.25) is 0 Å². The number of hydrogen-bond acceptors (Lipinski definition) is 8. The highest BCUT2D eigenvalue weighted by atomic mass is 16.6. The smallest absolute Gasteiger partial charge is 0.330 e. The van der Waals surface area contributed by atoms with E-state index < -0.39 is 48.4 Å². The number of carbonyl (C=O) groups is 1. The Kier molecular flexibility index (Phi) is 5.67. The first-order chi connectivity index (χ1) is 11.4. The van der Waals surface area contributed by atoms with Crippen LogP contribution in [-0.2, 0) is 14.3 Å². The largest absolute Gasteiger partial charge is 0.463 e. The second kappa shape index (κ2) is 7.53. The molecule has 24 heavy (non-hydrogen) atoms. The second-order valence-electron chi connectivity index (χ2n) is 5.07. The highest BCUT2D eigenvalue weighted by Crippen LogP contribution is 2.27. The maximum absolute atomic E-state index is 11.9. The average molecular weight is 342 g/mol. The van der Waals surface area contributed by atoms with Crippen molar-refractivity contribution in [2.45, 2.75) is 31.5 Å². The van der Waals surface area contributed by atoms with Crippen molar-refractivity contribution in [3.05, 3.63) is 38.7 Å². The van der Waals surface area contributed by atoms with E-state index in [1.54, 1.807) is 6.92 Å². The summed E-state index contributed by atoms with van der Waals surface area (Å²) in [5.41, 5.74) is -1.67. The van der Waals surface area contributed by atoms with Gasteiger partial charge in [0.15, 0.2) is 6.23 Å². The van der Waals surface area contributed by atoms with E-state index in [-0.39, 0.29) is 12.2 Å². The molecule has 1 aromatic heterocycles. The third-order valence-corrected chi connectivity index (χ3v) is 3.47. The van der Waals surface area contributed by atoms with Crippen molar-refractivity contribution < 1.29 is 29.6 Å². The Morgan fingerprint density at radius 3 is 2.71 bits per heavy atom. The Morgan fingerprint density at radius 1 is 1.42 bits per heavy atom. The molecular formula is C14H18N2O8. The summed E-state index contributed by atoms with van der Waals surface area (Å²) in [5, 5.41) is 28.8. The van der Waals surface area contributed by atoms with Gasteiger partial charge in [-0.1, -0.05) is 0 Å². The van der Waals surface area contributed by atoms with E-state index >= 15 is 0 Å². The van der Waals surface area contributed by atoms with Crippen LogP contribution >= 0.6 is 0 Å². The summed E-state index contributed by atoms with van der Waals surface area (Å²) < 4.78 is 10.8. The van der Waals surface area contributed by atoms with Gasteiger partial charge in [0.2, 0.25) is 0 Å². The first-order valence-electron chi connectivity index (χ1n) is 7.21. The number of aromatic amines is 1.